The lowest BCUT2D eigenvalue weighted by Crippen LogP contribution is -2.42. The van der Waals surface area contributed by atoms with Gasteiger partial charge in [0.05, 0.1) is 0 Å². The Kier molecular flexibility index (Phi) is 20.3. The molecule has 0 atom stereocenters. The van der Waals surface area contributed by atoms with Gasteiger partial charge in [-0.1, -0.05) is 153 Å². The molecule has 0 aromatic heterocycles. The summed E-state index contributed by atoms with van der Waals surface area (Å²) < 4.78 is 0. The highest BCUT2D eigenvalue weighted by atomic mass is 16.2. The Morgan fingerprint density at radius 3 is 1.07 bits per heavy atom. The monoisotopic (exact) mass is 604 g/mol. The first-order valence-electron chi connectivity index (χ1n) is 18.2. The maximum absolute atomic E-state index is 13.7. The molecule has 4 heteroatoms. The fraction of sp³-hybridized carbons (Fsp3) is 0.650. The molecule has 0 fully saturated rings. The predicted octanol–water partition coefficient (Wildman–Crippen LogP) is 11.5. The predicted molar refractivity (Wildman–Crippen MR) is 191 cm³/mol. The summed E-state index contributed by atoms with van der Waals surface area (Å²) in [5.41, 5.74) is 4.11. The van der Waals surface area contributed by atoms with Crippen LogP contribution in [0.5, 0.6) is 0 Å². The molecule has 0 radical (unpaired) electrons. The molecule has 0 saturated heterocycles. The van der Waals surface area contributed by atoms with Gasteiger partial charge in [-0.25, -0.2) is 0 Å². The molecule has 0 aliphatic heterocycles. The Morgan fingerprint density at radius 2 is 0.750 bits per heavy atom. The van der Waals surface area contributed by atoms with Crippen molar-refractivity contribution in [3.8, 4) is 0 Å². The van der Waals surface area contributed by atoms with Gasteiger partial charge in [-0.05, 0) is 49.9 Å². The molecule has 0 bridgehead atoms. The molecule has 0 unspecified atom stereocenters. The van der Waals surface area contributed by atoms with Crippen LogP contribution in [0.3, 0.4) is 0 Å². The quantitative estimate of drug-likeness (QED) is 0.106. The van der Waals surface area contributed by atoms with E-state index in [1.54, 1.807) is 0 Å². The minimum atomic E-state index is 0.165. The van der Waals surface area contributed by atoms with Crippen LogP contribution in [-0.2, 0) is 9.59 Å². The summed E-state index contributed by atoms with van der Waals surface area (Å²) in [4.78, 5) is 31.2. The zero-order valence-electron chi connectivity index (χ0n) is 28.9. The van der Waals surface area contributed by atoms with Crippen LogP contribution in [0.1, 0.15) is 153 Å². The maximum Gasteiger partial charge on any atom is 0.227 e. The number of rotatable bonds is 25. The van der Waals surface area contributed by atoms with Crippen LogP contribution >= 0.6 is 0 Å². The molecule has 0 aliphatic carbocycles. The van der Waals surface area contributed by atoms with Crippen molar-refractivity contribution in [1.29, 1.82) is 0 Å². The summed E-state index contributed by atoms with van der Waals surface area (Å²) in [7, 11) is 0. The summed E-state index contributed by atoms with van der Waals surface area (Å²) in [6.45, 7) is 9.66. The van der Waals surface area contributed by atoms with Crippen LogP contribution in [0.2, 0.25) is 0 Å². The first-order valence-corrected chi connectivity index (χ1v) is 18.2. The van der Waals surface area contributed by atoms with Gasteiger partial charge in [-0.15, -0.1) is 0 Å². The van der Waals surface area contributed by atoms with E-state index >= 15 is 0 Å². The van der Waals surface area contributed by atoms with Crippen molar-refractivity contribution < 1.29 is 9.59 Å². The third kappa shape index (κ3) is 14.9. The summed E-state index contributed by atoms with van der Waals surface area (Å²) in [5.74, 6) is 0.330. The number of para-hydroxylation sites is 2. The van der Waals surface area contributed by atoms with Crippen molar-refractivity contribution in [3.63, 3.8) is 0 Å². The smallest absolute Gasteiger partial charge is 0.227 e. The highest BCUT2D eigenvalue weighted by molar-refractivity contribution is 5.96. The average Bonchev–Trinajstić information content (AvgIpc) is 3.02. The fourth-order valence-corrected chi connectivity index (χ4v) is 6.14. The number of carbonyl (C=O) groups excluding carboxylic acids is 2. The van der Waals surface area contributed by atoms with E-state index in [0.29, 0.717) is 25.9 Å². The number of aryl methyl sites for hydroxylation is 2. The molecular formula is C40H64N2O2. The maximum atomic E-state index is 13.7. The van der Waals surface area contributed by atoms with Crippen LogP contribution in [0.25, 0.3) is 0 Å². The topological polar surface area (TPSA) is 40.6 Å². The van der Waals surface area contributed by atoms with Gasteiger partial charge < -0.3 is 9.80 Å². The average molecular weight is 605 g/mol. The van der Waals surface area contributed by atoms with Gasteiger partial charge >= 0.3 is 0 Å². The van der Waals surface area contributed by atoms with E-state index in [1.165, 1.54) is 89.9 Å². The van der Waals surface area contributed by atoms with E-state index < -0.39 is 0 Å². The molecule has 0 N–H and O–H groups in total. The Hall–Kier alpha value is -2.62. The Morgan fingerprint density at radius 1 is 0.455 bits per heavy atom. The third-order valence-corrected chi connectivity index (χ3v) is 8.95. The molecule has 2 aromatic rings. The second-order valence-corrected chi connectivity index (χ2v) is 12.8. The number of hydrogen-bond acceptors (Lipinski definition) is 2. The molecule has 0 aliphatic rings. The zero-order valence-corrected chi connectivity index (χ0v) is 28.9. The van der Waals surface area contributed by atoms with Crippen LogP contribution in [0.4, 0.5) is 11.4 Å². The normalized spacial score (nSPS) is 11.1. The molecule has 44 heavy (non-hydrogen) atoms. The molecule has 0 heterocycles. The zero-order chi connectivity index (χ0) is 31.8. The molecule has 2 amide bonds. The second kappa shape index (κ2) is 23.7. The van der Waals surface area contributed by atoms with E-state index in [1.807, 2.05) is 46.2 Å². The lowest BCUT2D eigenvalue weighted by molar-refractivity contribution is -0.120. The Labute approximate surface area is 271 Å². The number of anilines is 2. The van der Waals surface area contributed by atoms with Crippen molar-refractivity contribution in [2.75, 3.05) is 22.9 Å². The van der Waals surface area contributed by atoms with Crippen molar-refractivity contribution in [2.24, 2.45) is 0 Å². The molecular weight excluding hydrogens is 540 g/mol. The molecule has 4 nitrogen and oxygen atoms in total. The van der Waals surface area contributed by atoms with Crippen molar-refractivity contribution in [3.05, 3.63) is 59.7 Å². The molecule has 2 aromatic carbocycles. The first kappa shape index (κ1) is 37.6. The summed E-state index contributed by atoms with van der Waals surface area (Å²) in [6.07, 6.45) is 23.4. The van der Waals surface area contributed by atoms with E-state index in [-0.39, 0.29) is 11.8 Å². The SMILES string of the molecule is CCCCCCCCCCCC(=O)N(CCN(C(=O)CCCCCCCCCCC)c1ccccc1C)c1ccccc1C. The summed E-state index contributed by atoms with van der Waals surface area (Å²) >= 11 is 0. The van der Waals surface area contributed by atoms with Crippen LogP contribution in [-0.4, -0.2) is 24.9 Å². The minimum Gasteiger partial charge on any atom is -0.310 e. The van der Waals surface area contributed by atoms with E-state index in [9.17, 15) is 9.59 Å². The van der Waals surface area contributed by atoms with E-state index in [2.05, 4.69) is 39.8 Å². The number of carbonyl (C=O) groups is 2. The van der Waals surface area contributed by atoms with Gasteiger partial charge in [0.15, 0.2) is 0 Å². The fourth-order valence-electron chi connectivity index (χ4n) is 6.14. The van der Waals surface area contributed by atoms with Crippen molar-refractivity contribution in [1.82, 2.24) is 0 Å². The van der Waals surface area contributed by atoms with Gasteiger partial charge in [0.25, 0.3) is 0 Å². The van der Waals surface area contributed by atoms with Crippen molar-refractivity contribution >= 4 is 23.2 Å². The number of nitrogens with zero attached hydrogens (tertiary/aromatic N) is 2. The third-order valence-electron chi connectivity index (χ3n) is 8.95. The lowest BCUT2D eigenvalue weighted by Gasteiger charge is -2.30. The Balaban J connectivity index is 1.98. The minimum absolute atomic E-state index is 0.165. The molecule has 2 rings (SSSR count). The lowest BCUT2D eigenvalue weighted by atomic mass is 10.1. The van der Waals surface area contributed by atoms with Crippen molar-refractivity contribution in [2.45, 2.75) is 156 Å². The first-order chi connectivity index (χ1) is 21.5. The number of amides is 2. The van der Waals surface area contributed by atoms with Crippen LogP contribution < -0.4 is 9.80 Å². The molecule has 0 spiro atoms. The van der Waals surface area contributed by atoms with Gasteiger partial charge in [-0.2, -0.15) is 0 Å². The van der Waals surface area contributed by atoms with E-state index in [4.69, 9.17) is 0 Å². The second-order valence-electron chi connectivity index (χ2n) is 12.8. The highest BCUT2D eigenvalue weighted by Crippen LogP contribution is 2.25. The summed E-state index contributed by atoms with van der Waals surface area (Å²) in [5, 5.41) is 0. The Bertz CT molecular complexity index is 966. The van der Waals surface area contributed by atoms with Gasteiger partial charge in [0, 0.05) is 37.3 Å². The van der Waals surface area contributed by atoms with Gasteiger partial charge in [0.1, 0.15) is 0 Å². The van der Waals surface area contributed by atoms with E-state index in [0.717, 1.165) is 48.2 Å². The molecule has 0 saturated carbocycles. The number of unbranched alkanes of at least 4 members (excludes halogenated alkanes) is 16. The van der Waals surface area contributed by atoms with Gasteiger partial charge in [0.2, 0.25) is 11.8 Å². The highest BCUT2D eigenvalue weighted by Gasteiger charge is 2.22. The number of hydrogen-bond donors (Lipinski definition) is 0. The molecule has 246 valence electrons. The largest absolute Gasteiger partial charge is 0.310 e. The van der Waals surface area contributed by atoms with Crippen LogP contribution in [0, 0.1) is 13.8 Å². The van der Waals surface area contributed by atoms with Crippen LogP contribution in [0.15, 0.2) is 48.5 Å². The summed E-state index contributed by atoms with van der Waals surface area (Å²) in [6, 6.07) is 16.3. The van der Waals surface area contributed by atoms with Gasteiger partial charge in [-0.3, -0.25) is 9.59 Å². The standard InChI is InChI=1S/C40H64N2O2/c1-5-7-9-11-13-15-17-19-21-31-39(43)41(37-29-25-23-27-35(37)3)33-34-42(38-30-26-24-28-36(38)4)40(44)32-22-20-18-16-14-12-10-8-6-2/h23-30H,5-22,31-34H2,1-4H3. The number of benzene rings is 2.